The van der Waals surface area contributed by atoms with Crippen LogP contribution >= 0.6 is 11.6 Å². The zero-order valence-corrected chi connectivity index (χ0v) is 14.2. The molecule has 1 aliphatic heterocycles. The minimum atomic E-state index is 0.0717. The summed E-state index contributed by atoms with van der Waals surface area (Å²) in [5, 5.41) is 0. The molecule has 124 valence electrons. The molecule has 0 spiro atoms. The molecule has 0 aliphatic carbocycles. The minimum Gasteiger partial charge on any atom is -0.302 e. The topological polar surface area (TPSA) is 30.2 Å². The van der Waals surface area contributed by atoms with Gasteiger partial charge in [-0.3, -0.25) is 9.13 Å². The van der Waals surface area contributed by atoms with E-state index in [9.17, 15) is 4.79 Å². The molecule has 0 amide bonds. The van der Waals surface area contributed by atoms with E-state index in [4.69, 9.17) is 11.6 Å². The smallest absolute Gasteiger partial charge is 0.302 e. The van der Waals surface area contributed by atoms with Crippen molar-refractivity contribution in [3.63, 3.8) is 0 Å². The summed E-state index contributed by atoms with van der Waals surface area (Å²) in [6.45, 7) is 4.59. The normalized spacial score (nSPS) is 16.6. The van der Waals surface area contributed by atoms with Gasteiger partial charge < -0.3 is 4.90 Å². The number of rotatable bonds is 6. The van der Waals surface area contributed by atoms with E-state index in [0.717, 1.165) is 37.2 Å². The largest absolute Gasteiger partial charge is 0.329 e. The van der Waals surface area contributed by atoms with Crippen LogP contribution in [-0.4, -0.2) is 39.5 Å². The van der Waals surface area contributed by atoms with Gasteiger partial charge in [0.2, 0.25) is 0 Å². The fraction of sp³-hybridized carbons (Fsp3) is 0.500. The Morgan fingerprint density at radius 3 is 2.35 bits per heavy atom. The SMILES string of the molecule is O=c1n(C/C=C\CCl)c2ccccc2n1CCN1CCCCC1. The third kappa shape index (κ3) is 3.70. The summed E-state index contributed by atoms with van der Waals surface area (Å²) in [5.41, 5.74) is 2.09. The molecule has 23 heavy (non-hydrogen) atoms. The molecule has 1 fully saturated rings. The monoisotopic (exact) mass is 333 g/mol. The number of hydrogen-bond acceptors (Lipinski definition) is 2. The minimum absolute atomic E-state index is 0.0717. The molecule has 1 aromatic carbocycles. The van der Waals surface area contributed by atoms with Crippen molar-refractivity contribution in [2.45, 2.75) is 32.4 Å². The van der Waals surface area contributed by atoms with Crippen molar-refractivity contribution in [2.24, 2.45) is 0 Å². The number of benzene rings is 1. The number of nitrogens with zero attached hydrogens (tertiary/aromatic N) is 3. The summed E-state index contributed by atoms with van der Waals surface area (Å²) in [6, 6.07) is 8.04. The first-order valence-corrected chi connectivity index (χ1v) is 8.96. The van der Waals surface area contributed by atoms with Crippen LogP contribution in [0.2, 0.25) is 0 Å². The lowest BCUT2D eigenvalue weighted by atomic mass is 10.1. The van der Waals surface area contributed by atoms with E-state index >= 15 is 0 Å². The second kappa shape index (κ2) is 7.84. The van der Waals surface area contributed by atoms with Gasteiger partial charge in [-0.1, -0.05) is 30.7 Å². The highest BCUT2D eigenvalue weighted by atomic mass is 35.5. The van der Waals surface area contributed by atoms with E-state index in [1.807, 2.05) is 45.6 Å². The van der Waals surface area contributed by atoms with Gasteiger partial charge >= 0.3 is 5.69 Å². The van der Waals surface area contributed by atoms with Gasteiger partial charge in [0.1, 0.15) is 0 Å². The van der Waals surface area contributed by atoms with Crippen LogP contribution in [0.25, 0.3) is 11.0 Å². The van der Waals surface area contributed by atoms with Crippen LogP contribution in [0.5, 0.6) is 0 Å². The van der Waals surface area contributed by atoms with Crippen molar-refractivity contribution in [1.82, 2.24) is 14.0 Å². The number of allylic oxidation sites excluding steroid dienone is 2. The summed E-state index contributed by atoms with van der Waals surface area (Å²) in [5.74, 6) is 0.475. The van der Waals surface area contributed by atoms with Gasteiger partial charge in [0.05, 0.1) is 11.0 Å². The fourth-order valence-corrected chi connectivity index (χ4v) is 3.46. The van der Waals surface area contributed by atoms with E-state index in [0.29, 0.717) is 12.4 Å². The lowest BCUT2D eigenvalue weighted by Gasteiger charge is -2.26. The Bertz CT molecular complexity index is 725. The van der Waals surface area contributed by atoms with E-state index < -0.39 is 0 Å². The molecule has 1 aliphatic rings. The molecule has 0 unspecified atom stereocenters. The highest BCUT2D eigenvalue weighted by Gasteiger charge is 2.14. The Morgan fingerprint density at radius 1 is 0.957 bits per heavy atom. The van der Waals surface area contributed by atoms with Crippen molar-refractivity contribution in [3.8, 4) is 0 Å². The van der Waals surface area contributed by atoms with E-state index in [2.05, 4.69) is 4.90 Å². The van der Waals surface area contributed by atoms with Crippen LogP contribution in [0.3, 0.4) is 0 Å². The number of para-hydroxylation sites is 2. The summed E-state index contributed by atoms with van der Waals surface area (Å²) in [4.78, 5) is 15.3. The Hall–Kier alpha value is -1.52. The Morgan fingerprint density at radius 2 is 1.65 bits per heavy atom. The van der Waals surface area contributed by atoms with Crippen LogP contribution in [0, 0.1) is 0 Å². The maximum Gasteiger partial charge on any atom is 0.329 e. The number of halogens is 1. The van der Waals surface area contributed by atoms with Gasteiger partial charge in [0, 0.05) is 25.5 Å². The lowest BCUT2D eigenvalue weighted by Crippen LogP contribution is -2.35. The number of piperidine rings is 1. The summed E-state index contributed by atoms with van der Waals surface area (Å²) < 4.78 is 3.74. The van der Waals surface area contributed by atoms with Crippen LogP contribution < -0.4 is 5.69 Å². The van der Waals surface area contributed by atoms with Crippen LogP contribution in [0.1, 0.15) is 19.3 Å². The van der Waals surface area contributed by atoms with Crippen molar-refractivity contribution in [2.75, 3.05) is 25.5 Å². The maximum atomic E-state index is 12.8. The third-order valence-electron chi connectivity index (χ3n) is 4.56. The van der Waals surface area contributed by atoms with Crippen LogP contribution in [-0.2, 0) is 13.1 Å². The number of alkyl halides is 1. The molecular formula is C18H24ClN3O. The molecular weight excluding hydrogens is 310 g/mol. The second-order valence-electron chi connectivity index (χ2n) is 6.06. The van der Waals surface area contributed by atoms with Gasteiger partial charge in [-0.2, -0.15) is 0 Å². The second-order valence-corrected chi connectivity index (χ2v) is 6.37. The van der Waals surface area contributed by atoms with Gasteiger partial charge in [-0.05, 0) is 38.1 Å². The summed E-state index contributed by atoms with van der Waals surface area (Å²) in [7, 11) is 0. The average Bonchev–Trinajstić information content (AvgIpc) is 2.86. The zero-order valence-electron chi connectivity index (χ0n) is 13.5. The van der Waals surface area contributed by atoms with Gasteiger partial charge in [-0.15, -0.1) is 11.6 Å². The molecule has 2 aromatic rings. The van der Waals surface area contributed by atoms with Crippen molar-refractivity contribution in [3.05, 3.63) is 46.9 Å². The molecule has 0 saturated carbocycles. The van der Waals surface area contributed by atoms with Crippen LogP contribution in [0.15, 0.2) is 41.2 Å². The average molecular weight is 334 g/mol. The zero-order chi connectivity index (χ0) is 16.1. The lowest BCUT2D eigenvalue weighted by molar-refractivity contribution is 0.220. The van der Waals surface area contributed by atoms with Crippen molar-refractivity contribution < 1.29 is 0 Å². The molecule has 5 heteroatoms. The van der Waals surface area contributed by atoms with Crippen LogP contribution in [0.4, 0.5) is 0 Å². The standard InChI is InChI=1S/C18H24ClN3O/c19-10-4-7-13-21-16-8-2-3-9-17(16)22(18(21)23)15-14-20-11-5-1-6-12-20/h2-4,7-9H,1,5-6,10-15H2/b7-4-. The Balaban J connectivity index is 1.85. The molecule has 2 heterocycles. The predicted molar refractivity (Wildman–Crippen MR) is 96.3 cm³/mol. The van der Waals surface area contributed by atoms with Crippen molar-refractivity contribution >= 4 is 22.6 Å². The number of hydrogen-bond donors (Lipinski definition) is 0. The van der Waals surface area contributed by atoms with Crippen molar-refractivity contribution in [1.29, 1.82) is 0 Å². The molecule has 0 bridgehead atoms. The molecule has 1 aromatic heterocycles. The van der Waals surface area contributed by atoms with E-state index in [1.165, 1.54) is 19.3 Å². The molecule has 0 radical (unpaired) electrons. The number of aromatic nitrogens is 2. The third-order valence-corrected chi connectivity index (χ3v) is 4.74. The number of likely N-dealkylation sites (tertiary alicyclic amines) is 1. The van der Waals surface area contributed by atoms with E-state index in [1.54, 1.807) is 0 Å². The quantitative estimate of drug-likeness (QED) is 0.600. The van der Waals surface area contributed by atoms with Gasteiger partial charge in [0.25, 0.3) is 0 Å². The fourth-order valence-electron chi connectivity index (χ4n) is 3.33. The first-order valence-electron chi connectivity index (χ1n) is 8.42. The van der Waals surface area contributed by atoms with Gasteiger partial charge in [0.15, 0.2) is 0 Å². The molecule has 0 atom stereocenters. The predicted octanol–water partition coefficient (Wildman–Crippen LogP) is 3.08. The molecule has 1 saturated heterocycles. The molecule has 0 N–H and O–H groups in total. The highest BCUT2D eigenvalue weighted by molar-refractivity contribution is 6.18. The van der Waals surface area contributed by atoms with E-state index in [-0.39, 0.29) is 5.69 Å². The first-order chi connectivity index (χ1) is 11.3. The van der Waals surface area contributed by atoms with Gasteiger partial charge in [-0.25, -0.2) is 4.79 Å². The highest BCUT2D eigenvalue weighted by Crippen LogP contribution is 2.14. The Kier molecular flexibility index (Phi) is 5.57. The number of fused-ring (bicyclic) bond motifs is 1. The maximum absolute atomic E-state index is 12.8. The summed E-state index contributed by atoms with van der Waals surface area (Å²) in [6.07, 6.45) is 7.73. The Labute approximate surface area is 142 Å². The first kappa shape index (κ1) is 16.3. The molecule has 3 rings (SSSR count). The molecule has 4 nitrogen and oxygen atoms in total. The number of imidazole rings is 1. The summed E-state index contributed by atoms with van der Waals surface area (Å²) >= 11 is 5.68.